The minimum Gasteiger partial charge on any atom is -0.469 e. The summed E-state index contributed by atoms with van der Waals surface area (Å²) in [4.78, 5) is 27.1. The summed E-state index contributed by atoms with van der Waals surface area (Å²) in [5.74, 6) is -0.293. The topological polar surface area (TPSA) is 80.3 Å². The number of aryl methyl sites for hydroxylation is 1. The van der Waals surface area contributed by atoms with Gasteiger partial charge in [0.05, 0.1) is 19.2 Å². The Kier molecular flexibility index (Phi) is 3.38. The number of halogens is 1. The van der Waals surface area contributed by atoms with Crippen LogP contribution in [-0.2, 0) is 14.3 Å². The SMILES string of the molecule is COC(=O)C[C@@H]1Nc2nc(Cl)cc(C)c2NC1=O. The van der Waals surface area contributed by atoms with Crippen molar-refractivity contribution in [2.45, 2.75) is 19.4 Å². The molecule has 1 aliphatic rings. The molecule has 2 heterocycles. The summed E-state index contributed by atoms with van der Waals surface area (Å²) in [6.45, 7) is 1.81. The number of hydrogen-bond acceptors (Lipinski definition) is 5. The number of ether oxygens (including phenoxy) is 1. The molecule has 0 saturated heterocycles. The predicted molar refractivity (Wildman–Crippen MR) is 66.7 cm³/mol. The fraction of sp³-hybridized carbons (Fsp3) is 0.364. The number of hydrogen-bond donors (Lipinski definition) is 2. The van der Waals surface area contributed by atoms with Gasteiger partial charge in [0.25, 0.3) is 0 Å². The van der Waals surface area contributed by atoms with Gasteiger partial charge in [-0.3, -0.25) is 9.59 Å². The zero-order valence-electron chi connectivity index (χ0n) is 9.91. The summed E-state index contributed by atoms with van der Waals surface area (Å²) < 4.78 is 4.53. The molecule has 1 aromatic rings. The van der Waals surface area contributed by atoms with Gasteiger partial charge in [-0.2, -0.15) is 0 Å². The van der Waals surface area contributed by atoms with Gasteiger partial charge in [-0.1, -0.05) is 11.6 Å². The molecule has 2 N–H and O–H groups in total. The molecule has 7 heteroatoms. The number of carbonyl (C=O) groups is 2. The van der Waals surface area contributed by atoms with E-state index in [9.17, 15) is 9.59 Å². The Morgan fingerprint density at radius 3 is 3.00 bits per heavy atom. The Balaban J connectivity index is 2.27. The minimum absolute atomic E-state index is 0.0605. The van der Waals surface area contributed by atoms with Gasteiger partial charge in [0, 0.05) is 0 Å². The van der Waals surface area contributed by atoms with Crippen LogP contribution in [0.4, 0.5) is 11.5 Å². The van der Waals surface area contributed by atoms with Crippen LogP contribution >= 0.6 is 11.6 Å². The van der Waals surface area contributed by atoms with E-state index in [0.29, 0.717) is 16.7 Å². The third kappa shape index (κ3) is 2.38. The number of nitrogens with one attached hydrogen (secondary N) is 2. The largest absolute Gasteiger partial charge is 0.469 e. The summed E-state index contributed by atoms with van der Waals surface area (Å²) in [5, 5.41) is 5.92. The third-order valence-electron chi connectivity index (χ3n) is 2.66. The molecule has 2 rings (SSSR count). The maximum atomic E-state index is 11.8. The molecular formula is C11H12ClN3O3. The highest BCUT2D eigenvalue weighted by atomic mass is 35.5. The summed E-state index contributed by atoms with van der Waals surface area (Å²) in [6, 6.07) is 0.957. The zero-order valence-corrected chi connectivity index (χ0v) is 10.7. The smallest absolute Gasteiger partial charge is 0.308 e. The number of rotatable bonds is 2. The van der Waals surface area contributed by atoms with E-state index in [0.717, 1.165) is 5.56 Å². The highest BCUT2D eigenvalue weighted by molar-refractivity contribution is 6.29. The summed E-state index contributed by atoms with van der Waals surface area (Å²) in [5.41, 5.74) is 1.40. The molecular weight excluding hydrogens is 258 g/mol. The first kappa shape index (κ1) is 12.6. The molecule has 1 aliphatic heterocycles. The van der Waals surface area contributed by atoms with Gasteiger partial charge >= 0.3 is 5.97 Å². The van der Waals surface area contributed by atoms with Crippen molar-refractivity contribution in [2.24, 2.45) is 0 Å². The fourth-order valence-electron chi connectivity index (χ4n) is 1.73. The van der Waals surface area contributed by atoms with Gasteiger partial charge < -0.3 is 15.4 Å². The van der Waals surface area contributed by atoms with E-state index in [4.69, 9.17) is 11.6 Å². The van der Waals surface area contributed by atoms with E-state index in [1.165, 1.54) is 7.11 Å². The Morgan fingerprint density at radius 2 is 2.33 bits per heavy atom. The summed E-state index contributed by atoms with van der Waals surface area (Å²) >= 11 is 5.84. The molecule has 0 radical (unpaired) electrons. The number of carbonyl (C=O) groups excluding carboxylic acids is 2. The lowest BCUT2D eigenvalue weighted by Gasteiger charge is -2.26. The average molecular weight is 270 g/mol. The zero-order chi connectivity index (χ0) is 13.3. The van der Waals surface area contributed by atoms with Crippen LogP contribution in [0.3, 0.4) is 0 Å². The van der Waals surface area contributed by atoms with Crippen LogP contribution in [0.15, 0.2) is 6.07 Å². The summed E-state index contributed by atoms with van der Waals surface area (Å²) in [6.07, 6.45) is -0.0605. The molecule has 1 atom stereocenters. The lowest BCUT2D eigenvalue weighted by atomic mass is 10.1. The first-order chi connectivity index (χ1) is 8.51. The van der Waals surface area contributed by atoms with Crippen molar-refractivity contribution < 1.29 is 14.3 Å². The number of amides is 1. The second kappa shape index (κ2) is 4.81. The molecule has 0 aromatic carbocycles. The maximum absolute atomic E-state index is 11.8. The Hall–Kier alpha value is -1.82. The molecule has 0 bridgehead atoms. The molecule has 0 fully saturated rings. The van der Waals surface area contributed by atoms with Crippen molar-refractivity contribution in [3.05, 3.63) is 16.8 Å². The van der Waals surface area contributed by atoms with Crippen molar-refractivity contribution in [3.63, 3.8) is 0 Å². The van der Waals surface area contributed by atoms with Crippen LogP contribution < -0.4 is 10.6 Å². The molecule has 96 valence electrons. The molecule has 0 spiro atoms. The Morgan fingerprint density at radius 1 is 1.61 bits per heavy atom. The number of pyridine rings is 1. The number of nitrogens with zero attached hydrogens (tertiary/aromatic N) is 1. The van der Waals surface area contributed by atoms with Gasteiger partial charge in [-0.05, 0) is 18.6 Å². The Labute approximate surface area is 109 Å². The first-order valence-corrected chi connectivity index (χ1v) is 5.70. The monoisotopic (exact) mass is 269 g/mol. The predicted octanol–water partition coefficient (Wildman–Crippen LogP) is 1.34. The molecule has 0 unspecified atom stereocenters. The van der Waals surface area contributed by atoms with E-state index >= 15 is 0 Å². The van der Waals surface area contributed by atoms with Crippen LogP contribution in [0.2, 0.25) is 5.15 Å². The van der Waals surface area contributed by atoms with Gasteiger partial charge in [-0.15, -0.1) is 0 Å². The van der Waals surface area contributed by atoms with E-state index in [1.54, 1.807) is 6.07 Å². The lowest BCUT2D eigenvalue weighted by molar-refractivity contribution is -0.142. The van der Waals surface area contributed by atoms with Crippen molar-refractivity contribution >= 4 is 35.0 Å². The minimum atomic E-state index is -0.699. The van der Waals surface area contributed by atoms with E-state index < -0.39 is 12.0 Å². The van der Waals surface area contributed by atoms with Crippen LogP contribution in [0.25, 0.3) is 0 Å². The standard InChI is InChI=1S/C11H12ClN3O3/c1-5-3-7(12)14-10-9(5)15-11(17)6(13-10)4-8(16)18-2/h3,6H,4H2,1-2H3,(H,13,14)(H,15,17)/t6-/m0/s1. The summed E-state index contributed by atoms with van der Waals surface area (Å²) in [7, 11) is 1.27. The van der Waals surface area contributed by atoms with Crippen molar-refractivity contribution in [3.8, 4) is 0 Å². The van der Waals surface area contributed by atoms with E-state index in [-0.39, 0.29) is 12.3 Å². The molecule has 1 aromatic heterocycles. The van der Waals surface area contributed by atoms with Crippen LogP contribution in [0.5, 0.6) is 0 Å². The van der Waals surface area contributed by atoms with Crippen molar-refractivity contribution in [2.75, 3.05) is 17.7 Å². The number of methoxy groups -OCH3 is 1. The van der Waals surface area contributed by atoms with E-state index in [1.807, 2.05) is 6.92 Å². The highest BCUT2D eigenvalue weighted by Gasteiger charge is 2.29. The van der Waals surface area contributed by atoms with Gasteiger partial charge in [-0.25, -0.2) is 4.98 Å². The van der Waals surface area contributed by atoms with Gasteiger partial charge in [0.1, 0.15) is 11.2 Å². The number of fused-ring (bicyclic) bond motifs is 1. The van der Waals surface area contributed by atoms with Crippen molar-refractivity contribution in [1.82, 2.24) is 4.98 Å². The number of esters is 1. The number of anilines is 2. The van der Waals surface area contributed by atoms with Crippen LogP contribution in [0, 0.1) is 6.92 Å². The second-order valence-electron chi connectivity index (χ2n) is 3.95. The van der Waals surface area contributed by atoms with Crippen LogP contribution in [-0.4, -0.2) is 30.0 Å². The molecule has 1 amide bonds. The normalized spacial score (nSPS) is 17.5. The first-order valence-electron chi connectivity index (χ1n) is 5.32. The maximum Gasteiger partial charge on any atom is 0.308 e. The second-order valence-corrected chi connectivity index (χ2v) is 4.34. The molecule has 0 saturated carbocycles. The Bertz CT molecular complexity index is 519. The quantitative estimate of drug-likeness (QED) is 0.626. The van der Waals surface area contributed by atoms with E-state index in [2.05, 4.69) is 20.4 Å². The van der Waals surface area contributed by atoms with Crippen molar-refractivity contribution in [1.29, 1.82) is 0 Å². The highest BCUT2D eigenvalue weighted by Crippen LogP contribution is 2.30. The van der Waals surface area contributed by atoms with Crippen LogP contribution in [0.1, 0.15) is 12.0 Å². The third-order valence-corrected chi connectivity index (χ3v) is 2.85. The molecule has 18 heavy (non-hydrogen) atoms. The average Bonchev–Trinajstić information content (AvgIpc) is 2.31. The van der Waals surface area contributed by atoms with Gasteiger partial charge in [0.2, 0.25) is 5.91 Å². The van der Waals surface area contributed by atoms with Gasteiger partial charge in [0.15, 0.2) is 5.82 Å². The lowest BCUT2D eigenvalue weighted by Crippen LogP contribution is -2.41. The molecule has 6 nitrogen and oxygen atoms in total. The number of aromatic nitrogens is 1. The fourth-order valence-corrected chi connectivity index (χ4v) is 1.98. The molecule has 0 aliphatic carbocycles.